The molecule has 178 valence electrons. The van der Waals surface area contributed by atoms with Crippen LogP contribution in [0.2, 0.25) is 5.02 Å². The number of anilines is 2. The van der Waals surface area contributed by atoms with Gasteiger partial charge in [-0.15, -0.1) is 0 Å². The molecule has 2 heterocycles. The van der Waals surface area contributed by atoms with Gasteiger partial charge in [0.2, 0.25) is 0 Å². The van der Waals surface area contributed by atoms with Crippen molar-refractivity contribution in [3.05, 3.63) is 82.3 Å². The Morgan fingerprint density at radius 3 is 2.44 bits per heavy atom. The Hall–Kier alpha value is -3.01. The van der Waals surface area contributed by atoms with Gasteiger partial charge in [-0.2, -0.15) is 0 Å². The number of hydrogen-bond donors (Lipinski definition) is 2. The van der Waals surface area contributed by atoms with Crippen LogP contribution in [-0.2, 0) is 10.0 Å². The van der Waals surface area contributed by atoms with Crippen LogP contribution < -0.4 is 10.5 Å². The number of hydrogen-bond acceptors (Lipinski definition) is 5. The molecule has 1 amide bonds. The molecule has 4 rings (SSSR count). The molecular weight excluding hydrogens is 479 g/mol. The van der Waals surface area contributed by atoms with Crippen molar-refractivity contribution in [1.29, 1.82) is 0 Å². The number of aromatic nitrogens is 1. The van der Waals surface area contributed by atoms with E-state index in [4.69, 9.17) is 16.7 Å². The predicted molar refractivity (Wildman–Crippen MR) is 129 cm³/mol. The smallest absolute Gasteiger partial charge is 0.257 e. The zero-order valence-corrected chi connectivity index (χ0v) is 20.0. The number of carbonyl (C=O) groups excluding carboxylic acids is 1. The zero-order valence-electron chi connectivity index (χ0n) is 18.5. The van der Waals surface area contributed by atoms with Crippen molar-refractivity contribution in [2.24, 2.45) is 5.14 Å². The summed E-state index contributed by atoms with van der Waals surface area (Å²) in [4.78, 5) is 19.0. The van der Waals surface area contributed by atoms with Crippen LogP contribution >= 0.6 is 11.6 Å². The van der Waals surface area contributed by atoms with E-state index in [1.165, 1.54) is 24.4 Å². The summed E-state index contributed by atoms with van der Waals surface area (Å²) in [6, 6.07) is 13.0. The maximum Gasteiger partial charge on any atom is 0.257 e. The highest BCUT2D eigenvalue weighted by molar-refractivity contribution is 7.89. The fourth-order valence-electron chi connectivity index (χ4n) is 4.07. The van der Waals surface area contributed by atoms with Gasteiger partial charge in [-0.25, -0.2) is 22.9 Å². The van der Waals surface area contributed by atoms with Crippen molar-refractivity contribution in [3.63, 3.8) is 0 Å². The highest BCUT2D eigenvalue weighted by Crippen LogP contribution is 2.32. The van der Waals surface area contributed by atoms with Crippen LogP contribution in [0.4, 0.5) is 15.8 Å². The Kier molecular flexibility index (Phi) is 6.88. The molecule has 0 radical (unpaired) electrons. The van der Waals surface area contributed by atoms with E-state index in [1.807, 2.05) is 13.0 Å². The summed E-state index contributed by atoms with van der Waals surface area (Å²) in [5.74, 6) is -0.325. The molecule has 0 saturated carbocycles. The minimum absolute atomic E-state index is 0.213. The Labute approximate surface area is 202 Å². The largest absolute Gasteiger partial charge is 0.354 e. The predicted octanol–water partition coefficient (Wildman–Crippen LogP) is 4.59. The van der Waals surface area contributed by atoms with Gasteiger partial charge in [0.25, 0.3) is 15.9 Å². The second-order valence-corrected chi connectivity index (χ2v) is 10.3. The van der Waals surface area contributed by atoms with E-state index in [2.05, 4.69) is 10.3 Å². The summed E-state index contributed by atoms with van der Waals surface area (Å²) in [6.45, 7) is 2.89. The van der Waals surface area contributed by atoms with Gasteiger partial charge in [-0.3, -0.25) is 4.79 Å². The molecule has 7 nitrogen and oxygen atoms in total. The summed E-state index contributed by atoms with van der Waals surface area (Å²) in [5.41, 5.74) is 2.96. The molecule has 34 heavy (non-hydrogen) atoms. The van der Waals surface area contributed by atoms with Gasteiger partial charge in [0.1, 0.15) is 5.82 Å². The number of nitrogens with zero attached hydrogens (tertiary/aromatic N) is 2. The van der Waals surface area contributed by atoms with Crippen LogP contribution in [0, 0.1) is 12.7 Å². The molecule has 1 aliphatic heterocycles. The van der Waals surface area contributed by atoms with Gasteiger partial charge < -0.3 is 10.2 Å². The molecule has 10 heteroatoms. The number of piperidine rings is 1. The highest BCUT2D eigenvalue weighted by atomic mass is 35.5. The minimum atomic E-state index is -4.08. The van der Waals surface area contributed by atoms with Crippen molar-refractivity contribution in [3.8, 4) is 0 Å². The average Bonchev–Trinajstić information content (AvgIpc) is 2.81. The van der Waals surface area contributed by atoms with Crippen LogP contribution in [0.25, 0.3) is 0 Å². The number of amides is 1. The number of benzene rings is 2. The number of sulfonamides is 1. The number of pyridine rings is 1. The topological polar surface area (TPSA) is 105 Å². The Morgan fingerprint density at radius 2 is 1.79 bits per heavy atom. The first-order valence-electron chi connectivity index (χ1n) is 10.7. The lowest BCUT2D eigenvalue weighted by atomic mass is 9.89. The summed E-state index contributed by atoms with van der Waals surface area (Å²) in [5, 5.41) is 8.40. The minimum Gasteiger partial charge on any atom is -0.354 e. The van der Waals surface area contributed by atoms with E-state index >= 15 is 0 Å². The van der Waals surface area contributed by atoms with Crippen LogP contribution in [0.15, 0.2) is 59.8 Å². The van der Waals surface area contributed by atoms with Gasteiger partial charge >= 0.3 is 0 Å². The second-order valence-electron chi connectivity index (χ2n) is 8.34. The molecule has 1 aliphatic rings. The third kappa shape index (κ3) is 5.38. The second kappa shape index (κ2) is 9.69. The number of rotatable bonds is 5. The Balaban J connectivity index is 1.59. The van der Waals surface area contributed by atoms with E-state index in [-0.39, 0.29) is 33.9 Å². The lowest BCUT2D eigenvalue weighted by molar-refractivity contribution is 0.0713. The molecule has 0 spiro atoms. The number of carbonyl (C=O) groups is 1. The molecule has 1 fully saturated rings. The first kappa shape index (κ1) is 24.1. The quantitative estimate of drug-likeness (QED) is 0.530. The first-order chi connectivity index (χ1) is 16.1. The van der Waals surface area contributed by atoms with Gasteiger partial charge in [-0.05, 0) is 61.1 Å². The number of nitrogens with two attached hydrogens (primary N) is 1. The molecule has 0 atom stereocenters. The van der Waals surface area contributed by atoms with E-state index in [1.54, 1.807) is 29.2 Å². The number of halogens is 2. The van der Waals surface area contributed by atoms with Crippen molar-refractivity contribution in [2.75, 3.05) is 18.4 Å². The summed E-state index contributed by atoms with van der Waals surface area (Å²) >= 11 is 6.30. The van der Waals surface area contributed by atoms with E-state index in [0.29, 0.717) is 23.8 Å². The molecule has 3 aromatic rings. The van der Waals surface area contributed by atoms with Gasteiger partial charge in [0, 0.05) is 25.4 Å². The van der Waals surface area contributed by atoms with E-state index < -0.39 is 10.0 Å². The lowest BCUT2D eigenvalue weighted by Gasteiger charge is -2.32. The molecular formula is C24H24ClFN4O3S. The molecule has 0 bridgehead atoms. The monoisotopic (exact) mass is 502 g/mol. The van der Waals surface area contributed by atoms with Gasteiger partial charge in [0.15, 0.2) is 5.03 Å². The highest BCUT2D eigenvalue weighted by Gasteiger charge is 2.27. The fourth-order valence-corrected chi connectivity index (χ4v) is 4.71. The third-order valence-electron chi connectivity index (χ3n) is 5.92. The first-order valence-corrected chi connectivity index (χ1v) is 12.6. The standard InChI is InChI=1S/C24H24ClFN4O3S/c1-15-2-7-20(25)22(12-15)29-21-13-23(34(27,32)33)28-14-19(21)24(31)30-10-8-17(9-11-30)16-3-5-18(26)6-4-16/h2-7,12-14,17H,8-11H2,1H3,(H,28,29)(H2,27,32,33). The average molecular weight is 503 g/mol. The van der Waals surface area contributed by atoms with Crippen LogP contribution in [0.3, 0.4) is 0 Å². The maximum atomic E-state index is 13.4. The van der Waals surface area contributed by atoms with Crippen molar-refractivity contribution in [2.45, 2.75) is 30.7 Å². The number of nitrogens with one attached hydrogen (secondary N) is 1. The molecule has 0 aliphatic carbocycles. The normalized spacial score (nSPS) is 14.8. The van der Waals surface area contributed by atoms with Crippen LogP contribution in [0.5, 0.6) is 0 Å². The number of likely N-dealkylation sites (tertiary alicyclic amines) is 1. The third-order valence-corrected chi connectivity index (χ3v) is 7.05. The van der Waals surface area contributed by atoms with Gasteiger partial charge in [-0.1, -0.05) is 29.8 Å². The summed E-state index contributed by atoms with van der Waals surface area (Å²) in [6.07, 6.45) is 2.68. The molecule has 1 saturated heterocycles. The SMILES string of the molecule is Cc1ccc(Cl)c(Nc2cc(S(N)(=O)=O)ncc2C(=O)N2CCC(c3ccc(F)cc3)CC2)c1. The molecule has 1 aromatic heterocycles. The summed E-state index contributed by atoms with van der Waals surface area (Å²) in [7, 11) is -4.08. The summed E-state index contributed by atoms with van der Waals surface area (Å²) < 4.78 is 37.0. The van der Waals surface area contributed by atoms with Gasteiger partial charge in [0.05, 0.1) is 22.0 Å². The van der Waals surface area contributed by atoms with Crippen LogP contribution in [0.1, 0.15) is 40.2 Å². The van der Waals surface area contributed by atoms with Crippen molar-refractivity contribution < 1.29 is 17.6 Å². The van der Waals surface area contributed by atoms with Crippen molar-refractivity contribution in [1.82, 2.24) is 9.88 Å². The van der Waals surface area contributed by atoms with E-state index in [0.717, 1.165) is 24.0 Å². The van der Waals surface area contributed by atoms with Crippen LogP contribution in [-0.4, -0.2) is 37.3 Å². The zero-order chi connectivity index (χ0) is 24.5. The lowest BCUT2D eigenvalue weighted by Crippen LogP contribution is -2.38. The molecule has 2 aromatic carbocycles. The Morgan fingerprint density at radius 1 is 1.12 bits per heavy atom. The van der Waals surface area contributed by atoms with E-state index in [9.17, 15) is 17.6 Å². The Bertz CT molecular complexity index is 1320. The fraction of sp³-hybridized carbons (Fsp3) is 0.250. The molecule has 0 unspecified atom stereocenters. The number of primary sulfonamides is 1. The molecule has 3 N–H and O–H groups in total. The van der Waals surface area contributed by atoms with Crippen molar-refractivity contribution >= 4 is 38.9 Å². The number of aryl methyl sites for hydroxylation is 1. The maximum absolute atomic E-state index is 13.4.